The van der Waals surface area contributed by atoms with Crippen LogP contribution < -0.4 is 21.7 Å². The second-order valence-corrected chi connectivity index (χ2v) is 10.1. The summed E-state index contributed by atoms with van der Waals surface area (Å²) in [6.07, 6.45) is 0.248. The first kappa shape index (κ1) is 32.3. The van der Waals surface area contributed by atoms with Crippen molar-refractivity contribution >= 4 is 29.6 Å². The Labute approximate surface area is 217 Å². The number of hydrogen-bond acceptors (Lipinski definition) is 8. The predicted octanol–water partition coefficient (Wildman–Crippen LogP) is -1.69. The van der Waals surface area contributed by atoms with Crippen molar-refractivity contribution in [1.82, 2.24) is 20.9 Å². The van der Waals surface area contributed by atoms with Gasteiger partial charge in [-0.05, 0) is 38.0 Å². The molecule has 1 rings (SSSR count). The van der Waals surface area contributed by atoms with Crippen LogP contribution in [0.15, 0.2) is 0 Å². The van der Waals surface area contributed by atoms with Crippen molar-refractivity contribution in [3.8, 4) is 0 Å². The number of aliphatic hydroxyl groups excluding tert-OH is 2. The minimum atomic E-state index is -1.43. The van der Waals surface area contributed by atoms with Crippen molar-refractivity contribution < 1.29 is 39.3 Å². The highest BCUT2D eigenvalue weighted by Crippen LogP contribution is 2.20. The Morgan fingerprint density at radius 3 is 2.11 bits per heavy atom. The molecule has 0 aromatic rings. The molecule has 0 unspecified atom stereocenters. The highest BCUT2D eigenvalue weighted by molar-refractivity contribution is 5.96. The van der Waals surface area contributed by atoms with Crippen LogP contribution in [0, 0.1) is 11.8 Å². The van der Waals surface area contributed by atoms with Crippen LogP contribution in [-0.2, 0) is 24.0 Å². The molecule has 1 saturated heterocycles. The van der Waals surface area contributed by atoms with Gasteiger partial charge in [0.25, 0.3) is 0 Å². The molecule has 212 valence electrons. The molecule has 0 saturated carbocycles. The van der Waals surface area contributed by atoms with E-state index in [4.69, 9.17) is 5.73 Å². The van der Waals surface area contributed by atoms with Crippen molar-refractivity contribution in [2.24, 2.45) is 17.6 Å². The van der Waals surface area contributed by atoms with E-state index >= 15 is 0 Å². The number of carboxylic acid groups (broad SMARTS) is 1. The topological polar surface area (TPSA) is 211 Å². The zero-order chi connectivity index (χ0) is 28.4. The molecule has 0 aromatic carbocycles. The first-order chi connectivity index (χ1) is 17.2. The Balaban J connectivity index is 2.94. The molecule has 1 heterocycles. The summed E-state index contributed by atoms with van der Waals surface area (Å²) in [5.41, 5.74) is 5.95. The zero-order valence-electron chi connectivity index (χ0n) is 22.3. The number of carbonyl (C=O) groups is 5. The number of carbonyl (C=O) groups excluding carboxylic acids is 4. The number of nitrogens with one attached hydrogen (secondary N) is 3. The fraction of sp³-hybridized carbons (Fsp3) is 0.792. The van der Waals surface area contributed by atoms with Gasteiger partial charge in [-0.2, -0.15) is 0 Å². The molecule has 8 N–H and O–H groups in total. The monoisotopic (exact) mass is 529 g/mol. The molecule has 4 amide bonds. The summed E-state index contributed by atoms with van der Waals surface area (Å²) in [7, 11) is 0. The van der Waals surface area contributed by atoms with Crippen LogP contribution in [0.5, 0.6) is 0 Å². The van der Waals surface area contributed by atoms with E-state index in [9.17, 15) is 39.3 Å². The van der Waals surface area contributed by atoms with Crippen molar-refractivity contribution in [2.75, 3.05) is 13.2 Å². The number of rotatable bonds is 14. The van der Waals surface area contributed by atoms with Crippen LogP contribution in [0.1, 0.15) is 60.3 Å². The lowest BCUT2D eigenvalue weighted by Crippen LogP contribution is -2.61. The molecule has 0 aromatic heterocycles. The molecule has 13 nitrogen and oxygen atoms in total. The number of amides is 4. The molecule has 1 fully saturated rings. The van der Waals surface area contributed by atoms with Gasteiger partial charge in [0.1, 0.15) is 24.2 Å². The normalized spacial score (nSPS) is 20.4. The smallest absolute Gasteiger partial charge is 0.326 e. The van der Waals surface area contributed by atoms with Crippen LogP contribution in [-0.4, -0.2) is 99.3 Å². The summed E-state index contributed by atoms with van der Waals surface area (Å²) in [4.78, 5) is 64.0. The van der Waals surface area contributed by atoms with E-state index in [0.717, 1.165) is 0 Å². The zero-order valence-corrected chi connectivity index (χ0v) is 22.3. The van der Waals surface area contributed by atoms with E-state index in [1.165, 1.54) is 11.8 Å². The molecule has 0 spiro atoms. The largest absolute Gasteiger partial charge is 0.480 e. The van der Waals surface area contributed by atoms with E-state index in [2.05, 4.69) is 16.0 Å². The van der Waals surface area contributed by atoms with E-state index in [0.29, 0.717) is 12.8 Å². The molecule has 37 heavy (non-hydrogen) atoms. The molecule has 0 bridgehead atoms. The standard InChI is InChI=1S/C24H43N5O8/c1-6-13(4)18(25)22(34)28-19(14(5)31)23(35)29-9-7-8-17(29)21(33)27-16(11-30)20(32)26-15(24(36)37)10-12(2)3/h12-19,30-31H,6-11,25H2,1-5H3,(H,26,32)(H,27,33)(H,28,34)(H,36,37)/t13-,14+,15-,16-,17-,18-,19-/m0/s1. The number of likely N-dealkylation sites (tertiary alicyclic amines) is 1. The first-order valence-corrected chi connectivity index (χ1v) is 12.7. The SMILES string of the molecule is CC[C@H](C)[C@H](N)C(=O)N[C@H](C(=O)N1CCC[C@H]1C(=O)N[C@@H](CO)C(=O)N[C@@H](CC(C)C)C(=O)O)[C@@H](C)O. The minimum absolute atomic E-state index is 0.0243. The lowest BCUT2D eigenvalue weighted by Gasteiger charge is -2.31. The number of carboxylic acids is 1. The molecule has 0 radical (unpaired) electrons. The third-order valence-electron chi connectivity index (χ3n) is 6.58. The van der Waals surface area contributed by atoms with E-state index in [-0.39, 0.29) is 31.2 Å². The number of nitrogens with zero attached hydrogens (tertiary/aromatic N) is 1. The highest BCUT2D eigenvalue weighted by Gasteiger charge is 2.41. The Hall–Kier alpha value is -2.77. The molecular formula is C24H43N5O8. The number of aliphatic carboxylic acids is 1. The molecule has 13 heteroatoms. The average Bonchev–Trinajstić information content (AvgIpc) is 3.33. The lowest BCUT2D eigenvalue weighted by molar-refractivity contribution is -0.145. The Morgan fingerprint density at radius 2 is 1.62 bits per heavy atom. The summed E-state index contributed by atoms with van der Waals surface area (Å²) in [6.45, 7) is 7.98. The fourth-order valence-electron chi connectivity index (χ4n) is 4.06. The fourth-order valence-corrected chi connectivity index (χ4v) is 4.06. The molecule has 7 atom stereocenters. The summed E-state index contributed by atoms with van der Waals surface area (Å²) in [5, 5.41) is 36.4. The predicted molar refractivity (Wildman–Crippen MR) is 134 cm³/mol. The number of aliphatic hydroxyl groups is 2. The first-order valence-electron chi connectivity index (χ1n) is 12.7. The van der Waals surface area contributed by atoms with E-state index in [1.54, 1.807) is 20.8 Å². The molecular weight excluding hydrogens is 486 g/mol. The van der Waals surface area contributed by atoms with Crippen LogP contribution in [0.3, 0.4) is 0 Å². The van der Waals surface area contributed by atoms with Crippen molar-refractivity contribution in [3.05, 3.63) is 0 Å². The van der Waals surface area contributed by atoms with Crippen molar-refractivity contribution in [1.29, 1.82) is 0 Å². The van der Waals surface area contributed by atoms with Gasteiger partial charge in [0.2, 0.25) is 23.6 Å². The maximum atomic E-state index is 13.2. The lowest BCUT2D eigenvalue weighted by atomic mass is 9.98. The Morgan fingerprint density at radius 1 is 1.00 bits per heavy atom. The van der Waals surface area contributed by atoms with Gasteiger partial charge in [-0.25, -0.2) is 4.79 Å². The van der Waals surface area contributed by atoms with Gasteiger partial charge in [0, 0.05) is 6.54 Å². The molecule has 1 aliphatic rings. The van der Waals surface area contributed by atoms with Crippen LogP contribution in [0.2, 0.25) is 0 Å². The summed E-state index contributed by atoms with van der Waals surface area (Å²) in [5.74, 6) is -4.28. The highest BCUT2D eigenvalue weighted by atomic mass is 16.4. The average molecular weight is 530 g/mol. The van der Waals surface area contributed by atoms with Gasteiger partial charge in [0.15, 0.2) is 0 Å². The van der Waals surface area contributed by atoms with Gasteiger partial charge in [-0.3, -0.25) is 19.2 Å². The quantitative estimate of drug-likeness (QED) is 0.137. The Bertz CT molecular complexity index is 821. The van der Waals surface area contributed by atoms with E-state index in [1.807, 2.05) is 6.92 Å². The summed E-state index contributed by atoms with van der Waals surface area (Å²) in [6, 6.07) is -5.85. The molecule has 0 aliphatic carbocycles. The third-order valence-corrected chi connectivity index (χ3v) is 6.58. The van der Waals surface area contributed by atoms with Gasteiger partial charge in [0.05, 0.1) is 18.8 Å². The van der Waals surface area contributed by atoms with Gasteiger partial charge >= 0.3 is 5.97 Å². The third kappa shape index (κ3) is 9.24. The Kier molecular flexibility index (Phi) is 12.9. The van der Waals surface area contributed by atoms with Crippen LogP contribution in [0.25, 0.3) is 0 Å². The van der Waals surface area contributed by atoms with Gasteiger partial charge < -0.3 is 41.9 Å². The maximum absolute atomic E-state index is 13.2. The maximum Gasteiger partial charge on any atom is 0.326 e. The summed E-state index contributed by atoms with van der Waals surface area (Å²) < 4.78 is 0. The van der Waals surface area contributed by atoms with Gasteiger partial charge in [-0.15, -0.1) is 0 Å². The van der Waals surface area contributed by atoms with Crippen molar-refractivity contribution in [3.63, 3.8) is 0 Å². The summed E-state index contributed by atoms with van der Waals surface area (Å²) >= 11 is 0. The number of hydrogen-bond donors (Lipinski definition) is 7. The van der Waals surface area contributed by atoms with Crippen LogP contribution in [0.4, 0.5) is 0 Å². The van der Waals surface area contributed by atoms with Crippen molar-refractivity contribution in [2.45, 2.75) is 96.6 Å². The number of nitrogens with two attached hydrogens (primary N) is 1. The molecule has 1 aliphatic heterocycles. The van der Waals surface area contributed by atoms with E-state index < -0.39 is 72.5 Å². The second kappa shape index (κ2) is 14.8. The minimum Gasteiger partial charge on any atom is -0.480 e. The van der Waals surface area contributed by atoms with Crippen LogP contribution >= 0.6 is 0 Å². The second-order valence-electron chi connectivity index (χ2n) is 10.1. The van der Waals surface area contributed by atoms with Gasteiger partial charge in [-0.1, -0.05) is 34.1 Å².